The number of nitrogens with one attached hydrogen (secondary N) is 1. The van der Waals surface area contributed by atoms with E-state index in [1.807, 2.05) is 60.8 Å². The number of rotatable bonds is 7. The molecule has 0 aliphatic carbocycles. The summed E-state index contributed by atoms with van der Waals surface area (Å²) in [6.45, 7) is 2.25. The van der Waals surface area contributed by atoms with Crippen LogP contribution < -0.4 is 10.1 Å². The van der Waals surface area contributed by atoms with Gasteiger partial charge in [0.05, 0.1) is 5.69 Å². The van der Waals surface area contributed by atoms with Crippen LogP contribution in [-0.2, 0) is 0 Å². The van der Waals surface area contributed by atoms with E-state index < -0.39 is 0 Å². The highest BCUT2D eigenvalue weighted by Gasteiger charge is 2.21. The molecule has 35 heavy (non-hydrogen) atoms. The number of hydrogen-bond acceptors (Lipinski definition) is 7. The van der Waals surface area contributed by atoms with Crippen molar-refractivity contribution in [3.8, 4) is 11.5 Å². The van der Waals surface area contributed by atoms with Crippen molar-refractivity contribution in [2.24, 2.45) is 0 Å². The number of ether oxygens (including phenoxy) is 1. The molecule has 1 aliphatic rings. The van der Waals surface area contributed by atoms with Crippen LogP contribution in [0.15, 0.2) is 88.1 Å². The number of para-hydroxylation sites is 1. The van der Waals surface area contributed by atoms with E-state index >= 15 is 0 Å². The van der Waals surface area contributed by atoms with Gasteiger partial charge in [-0.2, -0.15) is 0 Å². The van der Waals surface area contributed by atoms with Gasteiger partial charge < -0.3 is 15.0 Å². The lowest BCUT2D eigenvalue weighted by molar-refractivity contribution is 0.254. The van der Waals surface area contributed by atoms with E-state index in [4.69, 9.17) is 14.7 Å². The van der Waals surface area contributed by atoms with Gasteiger partial charge in [0, 0.05) is 33.4 Å². The van der Waals surface area contributed by atoms with E-state index in [1.54, 1.807) is 23.1 Å². The Kier molecular flexibility index (Phi) is 10.2. The van der Waals surface area contributed by atoms with E-state index in [0.29, 0.717) is 17.5 Å². The minimum atomic E-state index is 0. The van der Waals surface area contributed by atoms with Gasteiger partial charge in [-0.15, -0.1) is 36.2 Å². The van der Waals surface area contributed by atoms with Gasteiger partial charge in [0.2, 0.25) is 0 Å². The summed E-state index contributed by atoms with van der Waals surface area (Å²) in [5, 5.41) is 6.43. The fourth-order valence-electron chi connectivity index (χ4n) is 3.83. The zero-order valence-electron chi connectivity index (χ0n) is 19.3. The number of nitrogens with zero attached hydrogens (tertiary/aromatic N) is 3. The number of aromatic nitrogens is 2. The molecule has 184 valence electrons. The minimum absolute atomic E-state index is 0. The van der Waals surface area contributed by atoms with E-state index in [0.717, 1.165) is 46.6 Å². The molecular weight excluding hydrogens is 519 g/mol. The van der Waals surface area contributed by atoms with E-state index in [1.165, 1.54) is 5.69 Å². The highest BCUT2D eigenvalue weighted by Crippen LogP contribution is 2.37. The number of pyridine rings is 1. The molecule has 0 radical (unpaired) electrons. The number of likely N-dealkylation sites (tertiary alicyclic amines) is 1. The van der Waals surface area contributed by atoms with Crippen molar-refractivity contribution in [3.05, 3.63) is 84.0 Å². The zero-order chi connectivity index (χ0) is 22.5. The number of anilines is 2. The molecule has 5 nitrogen and oxygen atoms in total. The molecule has 0 bridgehead atoms. The first kappa shape index (κ1) is 27.3. The Morgan fingerprint density at radius 3 is 2.37 bits per heavy atom. The zero-order valence-corrected chi connectivity index (χ0v) is 22.6. The Balaban J connectivity index is 0.00000171. The molecule has 0 atom stereocenters. The number of piperidine rings is 1. The van der Waals surface area contributed by atoms with Gasteiger partial charge in [-0.05, 0) is 57.2 Å². The van der Waals surface area contributed by atoms with Crippen LogP contribution in [0.3, 0.4) is 0 Å². The second-order valence-electron chi connectivity index (χ2n) is 8.13. The smallest absolute Gasteiger partial charge is 0.188 e. The second-order valence-corrected chi connectivity index (χ2v) is 10.1. The summed E-state index contributed by atoms with van der Waals surface area (Å²) in [5.41, 5.74) is 1.18. The first-order valence-corrected chi connectivity index (χ1v) is 12.8. The van der Waals surface area contributed by atoms with Crippen LogP contribution >= 0.6 is 47.9 Å². The van der Waals surface area contributed by atoms with Crippen LogP contribution in [0.1, 0.15) is 24.5 Å². The van der Waals surface area contributed by atoms with E-state index in [2.05, 4.69) is 34.8 Å². The predicted octanol–water partition coefficient (Wildman–Crippen LogP) is 7.88. The van der Waals surface area contributed by atoms with Crippen LogP contribution in [0.25, 0.3) is 0 Å². The van der Waals surface area contributed by atoms with Gasteiger partial charge in [-0.25, -0.2) is 9.97 Å². The summed E-state index contributed by atoms with van der Waals surface area (Å²) in [6.07, 6.45) is 4.20. The molecule has 0 unspecified atom stereocenters. The van der Waals surface area contributed by atoms with Gasteiger partial charge in [0.15, 0.2) is 16.7 Å². The molecule has 3 heterocycles. The number of benzene rings is 2. The third-order valence-electron chi connectivity index (χ3n) is 5.66. The third-order valence-corrected chi connectivity index (χ3v) is 7.40. The van der Waals surface area contributed by atoms with E-state index in [-0.39, 0.29) is 24.8 Å². The average molecular weight is 548 g/mol. The summed E-state index contributed by atoms with van der Waals surface area (Å²) in [6, 6.07) is 22.1. The summed E-state index contributed by atoms with van der Waals surface area (Å²) >= 11 is 3.29. The lowest BCUT2D eigenvalue weighted by Gasteiger charge is -2.27. The van der Waals surface area contributed by atoms with Crippen LogP contribution in [0.2, 0.25) is 0 Å². The molecule has 0 spiro atoms. The summed E-state index contributed by atoms with van der Waals surface area (Å²) < 4.78 is 6.23. The van der Waals surface area contributed by atoms with Crippen molar-refractivity contribution in [1.82, 2.24) is 14.9 Å². The van der Waals surface area contributed by atoms with Gasteiger partial charge in [-0.1, -0.05) is 48.2 Å². The Hall–Kier alpha value is -2.29. The first-order chi connectivity index (χ1) is 16.2. The largest absolute Gasteiger partial charge is 0.453 e. The quantitative estimate of drug-likeness (QED) is 0.254. The molecule has 1 aliphatic heterocycles. The van der Waals surface area contributed by atoms with Crippen LogP contribution in [0, 0.1) is 0 Å². The average Bonchev–Trinajstić information content (AvgIpc) is 3.31. The fourth-order valence-corrected chi connectivity index (χ4v) is 5.46. The maximum Gasteiger partial charge on any atom is 0.188 e. The van der Waals surface area contributed by atoms with Crippen molar-refractivity contribution in [3.63, 3.8) is 0 Å². The minimum Gasteiger partial charge on any atom is -0.453 e. The molecule has 2 aromatic carbocycles. The second kappa shape index (κ2) is 13.1. The summed E-state index contributed by atoms with van der Waals surface area (Å²) in [5.74, 6) is 2.65. The lowest BCUT2D eigenvalue weighted by Crippen LogP contribution is -2.29. The monoisotopic (exact) mass is 546 g/mol. The predicted molar refractivity (Wildman–Crippen MR) is 151 cm³/mol. The number of thiazole rings is 1. The van der Waals surface area contributed by atoms with Gasteiger partial charge in [-0.3, -0.25) is 0 Å². The highest BCUT2D eigenvalue weighted by molar-refractivity contribution is 7.99. The molecule has 0 saturated carbocycles. The van der Waals surface area contributed by atoms with E-state index in [9.17, 15) is 0 Å². The molecule has 1 saturated heterocycles. The van der Waals surface area contributed by atoms with Crippen LogP contribution in [-0.4, -0.2) is 35.0 Å². The van der Waals surface area contributed by atoms with Crippen molar-refractivity contribution < 1.29 is 4.74 Å². The first-order valence-electron chi connectivity index (χ1n) is 11.1. The van der Waals surface area contributed by atoms with Crippen molar-refractivity contribution in [2.45, 2.75) is 28.6 Å². The maximum absolute atomic E-state index is 6.23. The van der Waals surface area contributed by atoms with Crippen LogP contribution in [0.4, 0.5) is 10.9 Å². The molecule has 1 N–H and O–H groups in total. The molecule has 1 fully saturated rings. The molecule has 4 aromatic rings. The van der Waals surface area contributed by atoms with Gasteiger partial charge in [0.25, 0.3) is 0 Å². The summed E-state index contributed by atoms with van der Waals surface area (Å²) in [4.78, 5) is 14.1. The lowest BCUT2D eigenvalue weighted by atomic mass is 9.95. The SMILES string of the molecule is CN1CCC(c2csc(Nc3ncc(Sc4ccccc4)cc3Oc3ccccc3)n2)CC1.Cl.Cl. The molecule has 2 aromatic heterocycles. The third kappa shape index (κ3) is 7.35. The maximum atomic E-state index is 6.23. The normalized spacial score (nSPS) is 14.0. The topological polar surface area (TPSA) is 50.3 Å². The van der Waals surface area contributed by atoms with Crippen molar-refractivity contribution in [2.75, 3.05) is 25.5 Å². The Labute approximate surface area is 227 Å². The fraction of sp³-hybridized carbons (Fsp3) is 0.231. The van der Waals surface area contributed by atoms with Gasteiger partial charge >= 0.3 is 0 Å². The molecule has 0 amide bonds. The highest BCUT2D eigenvalue weighted by atomic mass is 35.5. The molecule has 5 rings (SSSR count). The number of halogens is 2. The van der Waals surface area contributed by atoms with Gasteiger partial charge in [0.1, 0.15) is 5.75 Å². The Morgan fingerprint density at radius 2 is 1.66 bits per heavy atom. The van der Waals surface area contributed by atoms with Crippen LogP contribution in [0.5, 0.6) is 11.5 Å². The Bertz CT molecular complexity index is 1190. The Morgan fingerprint density at radius 1 is 0.971 bits per heavy atom. The molecule has 9 heteroatoms. The standard InChI is InChI=1S/C26H26N4OS2.2ClH/c1-30-14-12-19(13-15-30)23-18-32-26(28-23)29-25-24(31-20-8-4-2-5-9-20)16-22(17-27-25)33-21-10-6-3-7-11-21;;/h2-11,16-19H,12-15H2,1H3,(H,27,28,29);2*1H. The van der Waals surface area contributed by atoms with Crippen molar-refractivity contribution >= 4 is 58.9 Å². The molecular formula is C26H28Cl2N4OS2. The number of hydrogen-bond donors (Lipinski definition) is 1. The van der Waals surface area contributed by atoms with Crippen molar-refractivity contribution in [1.29, 1.82) is 0 Å². The summed E-state index contributed by atoms with van der Waals surface area (Å²) in [7, 11) is 2.18.